The maximum absolute atomic E-state index is 12.3. The number of rotatable bonds is 8. The fourth-order valence-electron chi connectivity index (χ4n) is 2.65. The van der Waals surface area contributed by atoms with Gasteiger partial charge in [-0.2, -0.15) is 0 Å². The number of ether oxygens (including phenoxy) is 2. The predicted octanol–water partition coefficient (Wildman–Crippen LogP) is 4.27. The Labute approximate surface area is 181 Å². The van der Waals surface area contributed by atoms with Crippen molar-refractivity contribution >= 4 is 12.3 Å². The zero-order valence-electron chi connectivity index (χ0n) is 16.9. The van der Waals surface area contributed by atoms with Crippen molar-refractivity contribution in [2.75, 3.05) is 13.2 Å². The number of carbonyl (C=O) groups excluding carboxylic acids is 2. The zero-order chi connectivity index (χ0) is 21.9. The molecular formula is C26H22O5. The third kappa shape index (κ3) is 6.84. The minimum Gasteiger partial charge on any atom is -0.494 e. The highest BCUT2D eigenvalue weighted by Crippen LogP contribution is 2.15. The molecule has 1 N–H and O–H groups in total. The highest BCUT2D eigenvalue weighted by Gasteiger charge is 2.08. The molecular weight excluding hydrogens is 392 g/mol. The average Bonchev–Trinajstić information content (AvgIpc) is 2.82. The summed E-state index contributed by atoms with van der Waals surface area (Å²) in [6.45, 7) is 0.751. The maximum atomic E-state index is 12.3. The molecule has 0 fully saturated rings. The van der Waals surface area contributed by atoms with Gasteiger partial charge in [-0.1, -0.05) is 11.8 Å². The van der Waals surface area contributed by atoms with Crippen LogP contribution < -0.4 is 9.47 Å². The molecule has 0 aromatic heterocycles. The number of hydrogen-bond acceptors (Lipinski definition) is 5. The first kappa shape index (κ1) is 21.8. The molecule has 5 heteroatoms. The fourth-order valence-corrected chi connectivity index (χ4v) is 2.65. The van der Waals surface area contributed by atoms with Crippen LogP contribution in [0.4, 0.5) is 0 Å². The van der Waals surface area contributed by atoms with Crippen LogP contribution in [0, 0.1) is 11.8 Å². The first-order chi connectivity index (χ1) is 15.2. The number of carbonyl (C=O) groups is 2. The van der Waals surface area contributed by atoms with Gasteiger partial charge < -0.3 is 14.6 Å². The van der Waals surface area contributed by atoms with Gasteiger partial charge in [-0.05, 0) is 85.6 Å². The number of aldehydes is 1. The Morgan fingerprint density at radius 1 is 0.806 bits per heavy atom. The minimum absolute atomic E-state index is 0.177. The van der Waals surface area contributed by atoms with Crippen molar-refractivity contribution in [1.29, 1.82) is 0 Å². The van der Waals surface area contributed by atoms with Crippen LogP contribution in [0.5, 0.6) is 11.5 Å². The highest BCUT2D eigenvalue weighted by atomic mass is 16.5. The molecule has 156 valence electrons. The molecule has 3 aromatic carbocycles. The van der Waals surface area contributed by atoms with E-state index in [0.29, 0.717) is 23.5 Å². The summed E-state index contributed by atoms with van der Waals surface area (Å²) in [7, 11) is 0. The van der Waals surface area contributed by atoms with Gasteiger partial charge in [0.2, 0.25) is 0 Å². The summed E-state index contributed by atoms with van der Waals surface area (Å²) in [6.07, 6.45) is 2.27. The first-order valence-electron chi connectivity index (χ1n) is 9.91. The van der Waals surface area contributed by atoms with E-state index in [1.807, 2.05) is 24.3 Å². The number of aliphatic hydroxyl groups excluding tert-OH is 1. The Bertz CT molecular complexity index is 1060. The van der Waals surface area contributed by atoms with Gasteiger partial charge in [-0.15, -0.1) is 0 Å². The number of hydrogen-bond donors (Lipinski definition) is 1. The standard InChI is InChI=1S/C26H22O5/c27-17-1-2-18-30-24-13-7-21(8-14-24)4-3-20-5-11-23(12-6-20)26(29)31-25-15-9-22(19-28)10-16-25/h5-16,19,27H,1-2,17-18H2. The second kappa shape index (κ2) is 11.3. The van der Waals surface area contributed by atoms with Crippen LogP contribution in [0.15, 0.2) is 72.8 Å². The second-order valence-corrected chi connectivity index (χ2v) is 6.71. The summed E-state index contributed by atoms with van der Waals surface area (Å²) in [4.78, 5) is 22.9. The normalized spacial score (nSPS) is 9.97. The Morgan fingerprint density at radius 2 is 1.39 bits per heavy atom. The minimum atomic E-state index is -0.479. The number of unbranched alkanes of at least 4 members (excludes halogenated alkanes) is 1. The van der Waals surface area contributed by atoms with E-state index < -0.39 is 5.97 Å². The lowest BCUT2D eigenvalue weighted by Crippen LogP contribution is -2.08. The van der Waals surface area contributed by atoms with Gasteiger partial charge in [0.25, 0.3) is 0 Å². The lowest BCUT2D eigenvalue weighted by Gasteiger charge is -2.05. The molecule has 0 heterocycles. The molecule has 31 heavy (non-hydrogen) atoms. The molecule has 0 atom stereocenters. The van der Waals surface area contributed by atoms with Gasteiger partial charge in [0, 0.05) is 23.3 Å². The number of esters is 1. The summed E-state index contributed by atoms with van der Waals surface area (Å²) in [5, 5.41) is 8.77. The van der Waals surface area contributed by atoms with Crippen molar-refractivity contribution in [3.05, 3.63) is 95.1 Å². The quantitative estimate of drug-likeness (QED) is 0.196. The monoisotopic (exact) mass is 414 g/mol. The third-order valence-electron chi connectivity index (χ3n) is 4.37. The van der Waals surface area contributed by atoms with Crippen molar-refractivity contribution in [2.45, 2.75) is 12.8 Å². The van der Waals surface area contributed by atoms with Crippen LogP contribution in [-0.4, -0.2) is 30.6 Å². The van der Waals surface area contributed by atoms with Crippen LogP contribution in [0.3, 0.4) is 0 Å². The molecule has 0 aliphatic rings. The Kier molecular flexibility index (Phi) is 7.98. The van der Waals surface area contributed by atoms with Gasteiger partial charge in [-0.25, -0.2) is 4.79 Å². The largest absolute Gasteiger partial charge is 0.494 e. The lowest BCUT2D eigenvalue weighted by molar-refractivity contribution is 0.0734. The zero-order valence-corrected chi connectivity index (χ0v) is 16.9. The van der Waals surface area contributed by atoms with E-state index in [-0.39, 0.29) is 6.61 Å². The molecule has 0 unspecified atom stereocenters. The van der Waals surface area contributed by atoms with Crippen molar-refractivity contribution in [2.24, 2.45) is 0 Å². The van der Waals surface area contributed by atoms with E-state index in [0.717, 1.165) is 36.0 Å². The average molecular weight is 414 g/mol. The Hall–Kier alpha value is -3.88. The van der Waals surface area contributed by atoms with E-state index in [1.165, 1.54) is 0 Å². The predicted molar refractivity (Wildman–Crippen MR) is 117 cm³/mol. The molecule has 3 rings (SSSR count). The fraction of sp³-hybridized carbons (Fsp3) is 0.154. The van der Waals surface area contributed by atoms with Crippen LogP contribution in [0.1, 0.15) is 44.7 Å². The van der Waals surface area contributed by atoms with E-state index in [4.69, 9.17) is 14.6 Å². The SMILES string of the molecule is O=Cc1ccc(OC(=O)c2ccc(C#Cc3ccc(OCCCCO)cc3)cc2)cc1. The van der Waals surface area contributed by atoms with Crippen LogP contribution in [-0.2, 0) is 0 Å². The molecule has 5 nitrogen and oxygen atoms in total. The van der Waals surface area contributed by atoms with Gasteiger partial charge in [0.1, 0.15) is 17.8 Å². The highest BCUT2D eigenvalue weighted by molar-refractivity contribution is 5.91. The Morgan fingerprint density at radius 3 is 1.97 bits per heavy atom. The molecule has 0 aliphatic carbocycles. The maximum Gasteiger partial charge on any atom is 0.343 e. The molecule has 0 aliphatic heterocycles. The van der Waals surface area contributed by atoms with E-state index >= 15 is 0 Å². The van der Waals surface area contributed by atoms with Gasteiger partial charge in [0.05, 0.1) is 12.2 Å². The Balaban J connectivity index is 1.56. The van der Waals surface area contributed by atoms with Crippen molar-refractivity contribution in [1.82, 2.24) is 0 Å². The van der Waals surface area contributed by atoms with Crippen molar-refractivity contribution < 1.29 is 24.2 Å². The van der Waals surface area contributed by atoms with Gasteiger partial charge in [0.15, 0.2) is 0 Å². The summed E-state index contributed by atoms with van der Waals surface area (Å²) in [5.74, 6) is 6.81. The molecule has 0 saturated heterocycles. The van der Waals surface area contributed by atoms with E-state index in [9.17, 15) is 9.59 Å². The van der Waals surface area contributed by atoms with Crippen molar-refractivity contribution in [3.63, 3.8) is 0 Å². The molecule has 0 radical (unpaired) electrons. The van der Waals surface area contributed by atoms with Crippen LogP contribution in [0.2, 0.25) is 0 Å². The summed E-state index contributed by atoms with van der Waals surface area (Å²) in [5.41, 5.74) is 2.55. The number of aliphatic hydroxyl groups is 1. The summed E-state index contributed by atoms with van der Waals surface area (Å²) < 4.78 is 10.9. The van der Waals surface area contributed by atoms with Gasteiger partial charge >= 0.3 is 5.97 Å². The topological polar surface area (TPSA) is 72.8 Å². The smallest absolute Gasteiger partial charge is 0.343 e. The van der Waals surface area contributed by atoms with Crippen molar-refractivity contribution in [3.8, 4) is 23.3 Å². The van der Waals surface area contributed by atoms with Crippen LogP contribution >= 0.6 is 0 Å². The van der Waals surface area contributed by atoms with Crippen LogP contribution in [0.25, 0.3) is 0 Å². The third-order valence-corrected chi connectivity index (χ3v) is 4.37. The van der Waals surface area contributed by atoms with E-state index in [2.05, 4.69) is 11.8 Å². The van der Waals surface area contributed by atoms with E-state index in [1.54, 1.807) is 48.5 Å². The molecule has 0 saturated carbocycles. The molecule has 0 bridgehead atoms. The molecule has 0 amide bonds. The van der Waals surface area contributed by atoms with Gasteiger partial charge in [-0.3, -0.25) is 4.79 Å². The molecule has 3 aromatic rings. The lowest BCUT2D eigenvalue weighted by atomic mass is 10.1. The summed E-state index contributed by atoms with van der Waals surface area (Å²) in [6, 6.07) is 20.7. The first-order valence-corrected chi connectivity index (χ1v) is 9.91. The number of benzene rings is 3. The summed E-state index contributed by atoms with van der Waals surface area (Å²) >= 11 is 0. The second-order valence-electron chi connectivity index (χ2n) is 6.71. The molecule has 0 spiro atoms.